The molecule has 98 valence electrons. The first-order valence-electron chi connectivity index (χ1n) is 5.74. The Labute approximate surface area is 113 Å². The lowest BCUT2D eigenvalue weighted by atomic mass is 10.2. The largest absolute Gasteiger partial charge is 0.469 e. The van der Waals surface area contributed by atoms with Crippen LogP contribution in [0, 0.1) is 13.8 Å². The number of hydrogen-bond acceptors (Lipinski definition) is 7. The molecule has 6 nitrogen and oxygen atoms in total. The van der Waals surface area contributed by atoms with Crippen LogP contribution in [-0.2, 0) is 6.54 Å². The van der Waals surface area contributed by atoms with Gasteiger partial charge in [0, 0.05) is 6.54 Å². The maximum atomic E-state index is 5.58. The molecule has 0 saturated carbocycles. The standard InChI is InChI=1S/C12H12N4O2S/c1-6-10(19-9(5-13)14-6)12-15-11(16-18-12)8-3-4-17-7(8)2/h3-4H,5,13H2,1-2H3. The van der Waals surface area contributed by atoms with E-state index in [1.807, 2.05) is 19.9 Å². The van der Waals surface area contributed by atoms with Gasteiger partial charge in [0.05, 0.1) is 17.5 Å². The summed E-state index contributed by atoms with van der Waals surface area (Å²) in [4.78, 5) is 9.59. The topological polar surface area (TPSA) is 91.0 Å². The van der Waals surface area contributed by atoms with E-state index in [1.165, 1.54) is 11.3 Å². The summed E-state index contributed by atoms with van der Waals surface area (Å²) in [6, 6.07) is 1.81. The van der Waals surface area contributed by atoms with Crippen LogP contribution in [0.15, 0.2) is 21.3 Å². The number of thiazole rings is 1. The number of furan rings is 1. The highest BCUT2D eigenvalue weighted by Crippen LogP contribution is 2.30. The van der Waals surface area contributed by atoms with Gasteiger partial charge in [0.1, 0.15) is 15.6 Å². The summed E-state index contributed by atoms with van der Waals surface area (Å²) in [5, 5.41) is 4.83. The van der Waals surface area contributed by atoms with Gasteiger partial charge in [-0.3, -0.25) is 0 Å². The number of rotatable bonds is 3. The number of nitrogens with two attached hydrogens (primary N) is 1. The Hall–Kier alpha value is -1.99. The van der Waals surface area contributed by atoms with Gasteiger partial charge in [0.25, 0.3) is 5.89 Å². The fourth-order valence-corrected chi connectivity index (χ4v) is 2.65. The molecule has 0 atom stereocenters. The zero-order chi connectivity index (χ0) is 13.4. The molecule has 0 aliphatic carbocycles. The van der Waals surface area contributed by atoms with Gasteiger partial charge in [-0.2, -0.15) is 4.98 Å². The maximum absolute atomic E-state index is 5.58. The predicted octanol–water partition coefficient (Wildman–Crippen LogP) is 2.53. The van der Waals surface area contributed by atoms with Crippen molar-refractivity contribution in [2.45, 2.75) is 20.4 Å². The molecule has 3 aromatic rings. The monoisotopic (exact) mass is 276 g/mol. The van der Waals surface area contributed by atoms with Crippen molar-refractivity contribution < 1.29 is 8.94 Å². The lowest BCUT2D eigenvalue weighted by Gasteiger charge is -1.88. The van der Waals surface area contributed by atoms with Crippen molar-refractivity contribution in [2.24, 2.45) is 5.73 Å². The van der Waals surface area contributed by atoms with E-state index in [1.54, 1.807) is 6.26 Å². The molecule has 0 fully saturated rings. The van der Waals surface area contributed by atoms with Crippen LogP contribution in [0.2, 0.25) is 0 Å². The van der Waals surface area contributed by atoms with Crippen LogP contribution < -0.4 is 5.73 Å². The van der Waals surface area contributed by atoms with Gasteiger partial charge in [-0.25, -0.2) is 4.98 Å². The second kappa shape index (κ2) is 4.60. The van der Waals surface area contributed by atoms with Crippen LogP contribution in [0.1, 0.15) is 16.5 Å². The molecule has 0 aliphatic heterocycles. The third-order valence-corrected chi connectivity index (χ3v) is 3.90. The van der Waals surface area contributed by atoms with E-state index >= 15 is 0 Å². The fraction of sp³-hybridized carbons (Fsp3) is 0.250. The van der Waals surface area contributed by atoms with Crippen molar-refractivity contribution in [1.29, 1.82) is 0 Å². The Balaban J connectivity index is 2.01. The minimum atomic E-state index is 0.410. The van der Waals surface area contributed by atoms with Gasteiger partial charge in [-0.05, 0) is 19.9 Å². The van der Waals surface area contributed by atoms with Crippen LogP contribution in [0.4, 0.5) is 0 Å². The van der Waals surface area contributed by atoms with Gasteiger partial charge < -0.3 is 14.7 Å². The van der Waals surface area contributed by atoms with Crippen molar-refractivity contribution in [3.05, 3.63) is 28.8 Å². The molecule has 0 aromatic carbocycles. The van der Waals surface area contributed by atoms with Crippen molar-refractivity contribution in [3.63, 3.8) is 0 Å². The molecule has 0 radical (unpaired) electrons. The smallest absolute Gasteiger partial charge is 0.270 e. The highest BCUT2D eigenvalue weighted by atomic mass is 32.1. The van der Waals surface area contributed by atoms with E-state index < -0.39 is 0 Å². The first-order chi connectivity index (χ1) is 9.19. The minimum Gasteiger partial charge on any atom is -0.469 e. The van der Waals surface area contributed by atoms with Crippen LogP contribution in [0.25, 0.3) is 22.2 Å². The van der Waals surface area contributed by atoms with E-state index in [0.29, 0.717) is 18.3 Å². The van der Waals surface area contributed by atoms with Crippen LogP contribution in [0.5, 0.6) is 0 Å². The van der Waals surface area contributed by atoms with Crippen LogP contribution >= 0.6 is 11.3 Å². The summed E-state index contributed by atoms with van der Waals surface area (Å²) >= 11 is 1.47. The summed E-state index contributed by atoms with van der Waals surface area (Å²) in [5.41, 5.74) is 7.26. The summed E-state index contributed by atoms with van der Waals surface area (Å²) in [5.74, 6) is 1.74. The normalized spacial score (nSPS) is 11.1. The molecule has 0 aliphatic rings. The molecule has 2 N–H and O–H groups in total. The van der Waals surface area contributed by atoms with Gasteiger partial charge in [0.15, 0.2) is 0 Å². The molecular formula is C12H12N4O2S. The number of aromatic nitrogens is 3. The lowest BCUT2D eigenvalue weighted by molar-refractivity contribution is 0.432. The quantitative estimate of drug-likeness (QED) is 0.790. The molecular weight excluding hydrogens is 264 g/mol. The van der Waals surface area contributed by atoms with Gasteiger partial charge >= 0.3 is 0 Å². The Kier molecular flexibility index (Phi) is 2.92. The Bertz CT molecular complexity index is 713. The van der Waals surface area contributed by atoms with Crippen molar-refractivity contribution in [3.8, 4) is 22.2 Å². The minimum absolute atomic E-state index is 0.410. The molecule has 3 aromatic heterocycles. The summed E-state index contributed by atoms with van der Waals surface area (Å²) in [6.45, 7) is 4.17. The first kappa shape index (κ1) is 12.1. The van der Waals surface area contributed by atoms with E-state index in [4.69, 9.17) is 14.7 Å². The van der Waals surface area contributed by atoms with Crippen molar-refractivity contribution >= 4 is 11.3 Å². The first-order valence-corrected chi connectivity index (χ1v) is 6.55. The third kappa shape index (κ3) is 2.06. The van der Waals surface area contributed by atoms with Crippen LogP contribution in [0.3, 0.4) is 0 Å². The second-order valence-corrected chi connectivity index (χ2v) is 5.12. The molecule has 3 rings (SSSR count). The SMILES string of the molecule is Cc1nc(CN)sc1-c1nc(-c2ccoc2C)no1. The molecule has 0 bridgehead atoms. The summed E-state index contributed by atoms with van der Waals surface area (Å²) < 4.78 is 10.5. The van der Waals surface area contributed by atoms with E-state index in [-0.39, 0.29) is 0 Å². The molecule has 0 amide bonds. The molecule has 0 unspecified atom stereocenters. The van der Waals surface area contributed by atoms with E-state index in [9.17, 15) is 0 Å². The zero-order valence-corrected chi connectivity index (χ0v) is 11.3. The molecule has 3 heterocycles. The molecule has 0 saturated heterocycles. The lowest BCUT2D eigenvalue weighted by Crippen LogP contribution is -1.94. The van der Waals surface area contributed by atoms with E-state index in [2.05, 4.69) is 15.1 Å². The highest BCUT2D eigenvalue weighted by Gasteiger charge is 2.18. The highest BCUT2D eigenvalue weighted by molar-refractivity contribution is 7.15. The molecule has 7 heteroatoms. The zero-order valence-electron chi connectivity index (χ0n) is 10.5. The Morgan fingerprint density at radius 3 is 2.79 bits per heavy atom. The fourth-order valence-electron chi connectivity index (χ4n) is 1.78. The maximum Gasteiger partial charge on any atom is 0.270 e. The van der Waals surface area contributed by atoms with E-state index in [0.717, 1.165) is 26.9 Å². The summed E-state index contributed by atoms with van der Waals surface area (Å²) in [6.07, 6.45) is 1.60. The number of hydrogen-bond donors (Lipinski definition) is 1. The van der Waals surface area contributed by atoms with Crippen molar-refractivity contribution in [2.75, 3.05) is 0 Å². The predicted molar refractivity (Wildman–Crippen MR) is 70.5 cm³/mol. The number of aryl methyl sites for hydroxylation is 2. The van der Waals surface area contributed by atoms with Gasteiger partial charge in [-0.15, -0.1) is 11.3 Å². The molecule has 0 spiro atoms. The molecule has 19 heavy (non-hydrogen) atoms. The van der Waals surface area contributed by atoms with Gasteiger partial charge in [-0.1, -0.05) is 5.16 Å². The Morgan fingerprint density at radius 2 is 2.16 bits per heavy atom. The third-order valence-electron chi connectivity index (χ3n) is 2.74. The van der Waals surface area contributed by atoms with Gasteiger partial charge in [0.2, 0.25) is 5.82 Å². The average Bonchev–Trinajstić information content (AvgIpc) is 3.07. The second-order valence-electron chi connectivity index (χ2n) is 4.04. The number of nitrogens with zero attached hydrogens (tertiary/aromatic N) is 3. The summed E-state index contributed by atoms with van der Waals surface area (Å²) in [7, 11) is 0. The van der Waals surface area contributed by atoms with Crippen molar-refractivity contribution in [1.82, 2.24) is 15.1 Å². The Morgan fingerprint density at radius 1 is 1.32 bits per heavy atom. The van der Waals surface area contributed by atoms with Crippen LogP contribution in [-0.4, -0.2) is 15.1 Å². The average molecular weight is 276 g/mol.